The van der Waals surface area contributed by atoms with E-state index in [2.05, 4.69) is 0 Å². The summed E-state index contributed by atoms with van der Waals surface area (Å²) in [4.78, 5) is 14.1. The van der Waals surface area contributed by atoms with Crippen molar-refractivity contribution in [1.82, 2.24) is 0 Å². The number of nitrogens with zero attached hydrogens (tertiary/aromatic N) is 1. The molecule has 3 rings (SSSR count). The van der Waals surface area contributed by atoms with Crippen LogP contribution in [0.15, 0.2) is 42.5 Å². The molecule has 0 aliphatic carbocycles. The minimum absolute atomic E-state index is 0.0566. The number of benzene rings is 2. The summed E-state index contributed by atoms with van der Waals surface area (Å²) in [6.07, 6.45) is 0.690. The lowest BCUT2D eigenvalue weighted by Gasteiger charge is -2.33. The maximum atomic E-state index is 13.3. The number of hydrogen-bond donors (Lipinski definition) is 2. The maximum Gasteiger partial charge on any atom is 0.262 e. The highest BCUT2D eigenvalue weighted by Gasteiger charge is 2.28. The molecule has 1 atom stereocenters. The fourth-order valence-corrected chi connectivity index (χ4v) is 2.64. The van der Waals surface area contributed by atoms with E-state index in [1.54, 1.807) is 0 Å². The molecule has 21 heavy (non-hydrogen) atoms. The molecule has 0 saturated carbocycles. The third-order valence-corrected chi connectivity index (χ3v) is 3.62. The fourth-order valence-electron chi connectivity index (χ4n) is 2.64. The quantitative estimate of drug-likeness (QED) is 0.843. The first-order valence-electron chi connectivity index (χ1n) is 6.70. The fraction of sp³-hybridized carbons (Fsp3) is 0.188. The Kier molecular flexibility index (Phi) is 3.35. The van der Waals surface area contributed by atoms with Gasteiger partial charge in [0.05, 0.1) is 5.56 Å². The van der Waals surface area contributed by atoms with Crippen molar-refractivity contribution in [3.63, 3.8) is 0 Å². The van der Waals surface area contributed by atoms with Crippen molar-refractivity contribution < 1.29 is 14.3 Å². The van der Waals surface area contributed by atoms with Crippen LogP contribution in [-0.2, 0) is 6.42 Å². The molecule has 0 fully saturated rings. The molecule has 0 spiro atoms. The second kappa shape index (κ2) is 5.18. The number of para-hydroxylation sites is 1. The van der Waals surface area contributed by atoms with Gasteiger partial charge in [0.15, 0.2) is 0 Å². The number of carbonyl (C=O) groups is 1. The summed E-state index contributed by atoms with van der Waals surface area (Å²) in [6, 6.07) is 10.6. The van der Waals surface area contributed by atoms with Gasteiger partial charge in [-0.2, -0.15) is 0 Å². The molecule has 3 N–H and O–H groups in total. The van der Waals surface area contributed by atoms with Gasteiger partial charge in [0, 0.05) is 18.3 Å². The smallest absolute Gasteiger partial charge is 0.262 e. The standard InChI is InChI=1S/C16H15FN2O2/c17-11-5-6-15(20)13(8-11)16(21)19-9-12(18)7-10-3-1-2-4-14(10)19/h1-6,8,12,20H,7,9,18H2. The number of phenolic OH excluding ortho intramolecular Hbond substituents is 1. The third kappa shape index (κ3) is 2.48. The molecule has 108 valence electrons. The molecule has 2 aromatic carbocycles. The summed E-state index contributed by atoms with van der Waals surface area (Å²) in [6.45, 7) is 0.339. The van der Waals surface area contributed by atoms with Crippen LogP contribution < -0.4 is 10.6 Å². The van der Waals surface area contributed by atoms with Crippen molar-refractivity contribution in [2.75, 3.05) is 11.4 Å². The van der Waals surface area contributed by atoms with Crippen molar-refractivity contribution in [3.8, 4) is 5.75 Å². The Morgan fingerprint density at radius 3 is 2.86 bits per heavy atom. The van der Waals surface area contributed by atoms with E-state index in [4.69, 9.17) is 5.73 Å². The van der Waals surface area contributed by atoms with Gasteiger partial charge in [-0.3, -0.25) is 4.79 Å². The monoisotopic (exact) mass is 286 g/mol. The molecule has 1 aliphatic rings. The highest BCUT2D eigenvalue weighted by atomic mass is 19.1. The maximum absolute atomic E-state index is 13.3. The lowest BCUT2D eigenvalue weighted by molar-refractivity contribution is 0.0980. The van der Waals surface area contributed by atoms with Crippen LogP contribution in [0.1, 0.15) is 15.9 Å². The number of hydrogen-bond acceptors (Lipinski definition) is 3. The summed E-state index contributed by atoms with van der Waals surface area (Å²) in [7, 11) is 0. The highest BCUT2D eigenvalue weighted by Crippen LogP contribution is 2.29. The number of fused-ring (bicyclic) bond motifs is 1. The molecular formula is C16H15FN2O2. The summed E-state index contributed by atoms with van der Waals surface area (Å²) in [5.41, 5.74) is 7.67. The molecule has 2 aromatic rings. The number of rotatable bonds is 1. The van der Waals surface area contributed by atoms with E-state index >= 15 is 0 Å². The normalized spacial score (nSPS) is 17.4. The summed E-state index contributed by atoms with van der Waals surface area (Å²) in [5, 5.41) is 9.80. The number of carbonyl (C=O) groups excluding carboxylic acids is 1. The van der Waals surface area contributed by atoms with Crippen LogP contribution in [-0.4, -0.2) is 23.6 Å². The van der Waals surface area contributed by atoms with Crippen molar-refractivity contribution in [1.29, 1.82) is 0 Å². The van der Waals surface area contributed by atoms with Crippen LogP contribution in [0.3, 0.4) is 0 Å². The van der Waals surface area contributed by atoms with Crippen LogP contribution >= 0.6 is 0 Å². The van der Waals surface area contributed by atoms with Gasteiger partial charge in [-0.25, -0.2) is 4.39 Å². The SMILES string of the molecule is NC1Cc2ccccc2N(C(=O)c2cc(F)ccc2O)C1. The van der Waals surface area contributed by atoms with Crippen LogP contribution in [0.2, 0.25) is 0 Å². The lowest BCUT2D eigenvalue weighted by atomic mass is 9.97. The number of nitrogens with two attached hydrogens (primary N) is 1. The number of halogens is 1. The topological polar surface area (TPSA) is 66.6 Å². The molecule has 1 heterocycles. The molecular weight excluding hydrogens is 271 g/mol. The first-order chi connectivity index (χ1) is 10.1. The van der Waals surface area contributed by atoms with E-state index in [0.717, 1.165) is 23.4 Å². The summed E-state index contributed by atoms with van der Waals surface area (Å²) < 4.78 is 13.3. The Labute approximate surface area is 121 Å². The van der Waals surface area contributed by atoms with Gasteiger partial charge in [-0.05, 0) is 36.2 Å². The predicted molar refractivity (Wildman–Crippen MR) is 77.9 cm³/mol. The van der Waals surface area contributed by atoms with Gasteiger partial charge < -0.3 is 15.7 Å². The molecule has 1 unspecified atom stereocenters. The molecule has 0 aromatic heterocycles. The van der Waals surface area contributed by atoms with Gasteiger partial charge in [0.2, 0.25) is 0 Å². The number of anilines is 1. The van der Waals surface area contributed by atoms with Crippen molar-refractivity contribution >= 4 is 11.6 Å². The molecule has 1 aliphatic heterocycles. The van der Waals surface area contributed by atoms with Crippen molar-refractivity contribution in [2.24, 2.45) is 5.73 Å². The molecule has 5 heteroatoms. The highest BCUT2D eigenvalue weighted by molar-refractivity contribution is 6.08. The number of aromatic hydroxyl groups is 1. The van der Waals surface area contributed by atoms with E-state index in [1.165, 1.54) is 11.0 Å². The second-order valence-electron chi connectivity index (χ2n) is 5.17. The summed E-state index contributed by atoms with van der Waals surface area (Å²) in [5.74, 6) is -1.25. The molecule has 1 amide bonds. The molecule has 0 bridgehead atoms. The van der Waals surface area contributed by atoms with Crippen molar-refractivity contribution in [3.05, 3.63) is 59.4 Å². The Balaban J connectivity index is 2.04. The lowest BCUT2D eigenvalue weighted by Crippen LogP contribution is -2.46. The first-order valence-corrected chi connectivity index (χ1v) is 6.70. The van der Waals surface area contributed by atoms with Gasteiger partial charge >= 0.3 is 0 Å². The average molecular weight is 286 g/mol. The average Bonchev–Trinajstić information content (AvgIpc) is 2.48. The first kappa shape index (κ1) is 13.6. The third-order valence-electron chi connectivity index (χ3n) is 3.62. The van der Waals surface area contributed by atoms with E-state index < -0.39 is 11.7 Å². The Bertz CT molecular complexity index is 702. The Morgan fingerprint density at radius 2 is 2.05 bits per heavy atom. The van der Waals surface area contributed by atoms with Crippen LogP contribution in [0.4, 0.5) is 10.1 Å². The minimum Gasteiger partial charge on any atom is -0.507 e. The molecule has 0 radical (unpaired) electrons. The molecule has 0 saturated heterocycles. The van der Waals surface area contributed by atoms with E-state index in [0.29, 0.717) is 13.0 Å². The van der Waals surface area contributed by atoms with Gasteiger partial charge in [0.25, 0.3) is 5.91 Å². The van der Waals surface area contributed by atoms with Crippen LogP contribution in [0.5, 0.6) is 5.75 Å². The number of phenols is 1. The van der Waals surface area contributed by atoms with Crippen LogP contribution in [0.25, 0.3) is 0 Å². The zero-order valence-corrected chi connectivity index (χ0v) is 11.3. The van der Waals surface area contributed by atoms with Gasteiger partial charge in [0.1, 0.15) is 11.6 Å². The summed E-state index contributed by atoms with van der Waals surface area (Å²) >= 11 is 0. The van der Waals surface area contributed by atoms with Gasteiger partial charge in [-0.1, -0.05) is 18.2 Å². The zero-order valence-electron chi connectivity index (χ0n) is 11.3. The van der Waals surface area contributed by atoms with E-state index in [-0.39, 0.29) is 17.4 Å². The number of amides is 1. The molecule has 4 nitrogen and oxygen atoms in total. The van der Waals surface area contributed by atoms with Crippen LogP contribution in [0, 0.1) is 5.82 Å². The Morgan fingerprint density at radius 1 is 1.29 bits per heavy atom. The van der Waals surface area contributed by atoms with E-state index in [9.17, 15) is 14.3 Å². The van der Waals surface area contributed by atoms with Gasteiger partial charge in [-0.15, -0.1) is 0 Å². The largest absolute Gasteiger partial charge is 0.507 e. The minimum atomic E-state index is -0.564. The second-order valence-corrected chi connectivity index (χ2v) is 5.17. The predicted octanol–water partition coefficient (Wildman–Crippen LogP) is 2.06. The van der Waals surface area contributed by atoms with E-state index in [1.807, 2.05) is 24.3 Å². The Hall–Kier alpha value is -2.40. The van der Waals surface area contributed by atoms with Crippen molar-refractivity contribution in [2.45, 2.75) is 12.5 Å². The zero-order chi connectivity index (χ0) is 15.0.